The maximum atomic E-state index is 12.7. The van der Waals surface area contributed by atoms with E-state index in [0.717, 1.165) is 6.08 Å². The molecular formula is C51H80O27. The van der Waals surface area contributed by atoms with Crippen LogP contribution in [-0.4, -0.2) is 273 Å². The van der Waals surface area contributed by atoms with Crippen molar-refractivity contribution >= 4 is 11.9 Å². The van der Waals surface area contributed by atoms with Crippen molar-refractivity contribution in [3.63, 3.8) is 0 Å². The summed E-state index contributed by atoms with van der Waals surface area (Å²) < 4.78 is 53.5. The molecule has 4 saturated heterocycles. The number of carbonyl (C=O) groups is 2. The molecule has 4 aliphatic heterocycles. The van der Waals surface area contributed by atoms with E-state index in [1.807, 2.05) is 0 Å². The van der Waals surface area contributed by atoms with E-state index in [-0.39, 0.29) is 56.5 Å². The molecule has 27 nitrogen and oxygen atoms in total. The highest BCUT2D eigenvalue weighted by atomic mass is 16.7. The second kappa shape index (κ2) is 27.3. The molecule has 4 aliphatic carbocycles. The number of esters is 2. The van der Waals surface area contributed by atoms with Gasteiger partial charge in [0.1, 0.15) is 92.6 Å². The van der Waals surface area contributed by atoms with Gasteiger partial charge in [0, 0.05) is 24.5 Å². The molecule has 0 aromatic heterocycles. The number of ether oxygens (including phenoxy) is 9. The summed E-state index contributed by atoms with van der Waals surface area (Å²) in [6.45, 7) is -2.00. The number of aliphatic hydroxyl groups is 16. The molecule has 28 atom stereocenters. The quantitative estimate of drug-likeness (QED) is 0.0505. The molecule has 0 spiro atoms. The molecule has 8 rings (SSSR count). The third-order valence-electron chi connectivity index (χ3n) is 16.9. The first-order valence-electron chi connectivity index (χ1n) is 27.2. The SMILES string of the molecule is O=C(C=CC1CCC(O)C(O)C1)OC[C@H]1O[C@@H](OC2CC(C3OC4CC(O)CC(O[C@@H]5O[C@H](COC(=O)C=CC6CCC(O)CC6)[C@@H](O)[C@H](O)[C@H]5O)C4CC3O[C@@H]3O[C@H](CO)[C@@H](O)[C@H](O)[C@H]3O)CC(O)C2O)[C@H](O)[C@@H](O)[C@@H]1O. The van der Waals surface area contributed by atoms with Crippen molar-refractivity contribution in [3.8, 4) is 0 Å². The van der Waals surface area contributed by atoms with E-state index in [1.165, 1.54) is 12.2 Å². The zero-order valence-corrected chi connectivity index (χ0v) is 42.9. The molecule has 13 unspecified atom stereocenters. The number of hydrogen-bond donors (Lipinski definition) is 16. The second-order valence-corrected chi connectivity index (χ2v) is 22.5. The third-order valence-corrected chi connectivity index (χ3v) is 16.9. The summed E-state index contributed by atoms with van der Waals surface area (Å²) in [6, 6.07) is 0. The zero-order chi connectivity index (χ0) is 56.3. The van der Waals surface area contributed by atoms with Crippen LogP contribution in [0, 0.1) is 23.7 Å². The minimum atomic E-state index is -1.94. The van der Waals surface area contributed by atoms with Gasteiger partial charge in [0.15, 0.2) is 18.9 Å². The van der Waals surface area contributed by atoms with E-state index in [0.29, 0.717) is 38.5 Å². The predicted octanol–water partition coefficient (Wildman–Crippen LogP) is -6.11. The lowest BCUT2D eigenvalue weighted by atomic mass is 9.72. The minimum Gasteiger partial charge on any atom is -0.460 e. The Hall–Kier alpha value is -2.50. The van der Waals surface area contributed by atoms with Crippen molar-refractivity contribution in [1.82, 2.24) is 0 Å². The largest absolute Gasteiger partial charge is 0.460 e. The number of hydrogen-bond acceptors (Lipinski definition) is 27. The van der Waals surface area contributed by atoms with Crippen molar-refractivity contribution in [2.24, 2.45) is 23.7 Å². The summed E-state index contributed by atoms with van der Waals surface area (Å²) in [5, 5.41) is 172. The Kier molecular flexibility index (Phi) is 21.5. The topological polar surface area (TPSA) is 441 Å². The van der Waals surface area contributed by atoms with Crippen LogP contribution in [0.15, 0.2) is 24.3 Å². The molecular weight excluding hydrogens is 1040 g/mol. The van der Waals surface area contributed by atoms with Crippen LogP contribution in [0.1, 0.15) is 77.0 Å². The fourth-order valence-corrected chi connectivity index (χ4v) is 12.2. The summed E-state index contributed by atoms with van der Waals surface area (Å²) in [7, 11) is 0. The number of rotatable bonds is 16. The average molecular weight is 1130 g/mol. The molecule has 446 valence electrons. The third kappa shape index (κ3) is 14.6. The highest BCUT2D eigenvalue weighted by Gasteiger charge is 2.56. The lowest BCUT2D eigenvalue weighted by Crippen LogP contribution is -2.64. The van der Waals surface area contributed by atoms with Crippen LogP contribution in [0.5, 0.6) is 0 Å². The van der Waals surface area contributed by atoms with E-state index in [9.17, 15) is 91.3 Å². The van der Waals surface area contributed by atoms with Crippen molar-refractivity contribution in [2.45, 2.75) is 236 Å². The number of fused-ring (bicyclic) bond motifs is 1. The van der Waals surface area contributed by atoms with E-state index in [4.69, 9.17) is 42.6 Å². The molecule has 78 heavy (non-hydrogen) atoms. The monoisotopic (exact) mass is 1120 g/mol. The summed E-state index contributed by atoms with van der Waals surface area (Å²) in [5.41, 5.74) is 0. The first kappa shape index (κ1) is 61.6. The molecule has 0 bridgehead atoms. The van der Waals surface area contributed by atoms with Gasteiger partial charge in [0.05, 0.1) is 67.6 Å². The Bertz CT molecular complexity index is 1970. The van der Waals surface area contributed by atoms with Gasteiger partial charge in [0.2, 0.25) is 0 Å². The molecule has 0 aromatic carbocycles. The van der Waals surface area contributed by atoms with Crippen molar-refractivity contribution in [2.75, 3.05) is 19.8 Å². The summed E-state index contributed by atoms with van der Waals surface area (Å²) >= 11 is 0. The Morgan fingerprint density at radius 3 is 1.47 bits per heavy atom. The summed E-state index contributed by atoms with van der Waals surface area (Å²) in [6.07, 6.45) is -29.9. The normalized spacial score (nSPS) is 49.5. The molecule has 8 aliphatic rings. The standard InChI is InChI=1S/C51H80O27/c52-17-33-39(61)42(64)45(67)51(76-33)75-32-16-25-29(14-24(54)15-30(25)73-49-46(68)43(65)40(62)34(77-49)18-70-36(58)9-4-20-1-6-23(53)7-2-20)72-48(32)22-12-28(57)38(60)31(13-22)74-50-47(69)44(66)41(63)35(78-50)19-71-37(59)10-5-21-3-8-26(55)27(56)11-21/h4-5,9-10,20-35,38-57,60-69H,1-3,6-8,11-19H2/t20?,21?,22?,23?,24?,25?,26?,27?,28?,29?,30?,31?,32?,33-,34-,35-,38?,39-,40-,41-,42+,43+,44+,45-,46-,47-,48?,49-,50-,51-/m1/s1. The lowest BCUT2D eigenvalue weighted by Gasteiger charge is -2.53. The molecule has 8 fully saturated rings. The molecule has 0 aromatic rings. The van der Waals surface area contributed by atoms with Gasteiger partial charge in [-0.25, -0.2) is 9.59 Å². The van der Waals surface area contributed by atoms with Gasteiger partial charge in [-0.3, -0.25) is 0 Å². The van der Waals surface area contributed by atoms with Gasteiger partial charge in [-0.15, -0.1) is 0 Å². The fraction of sp³-hybridized carbons (Fsp3) is 0.882. The van der Waals surface area contributed by atoms with Crippen LogP contribution in [-0.2, 0) is 52.2 Å². The Morgan fingerprint density at radius 1 is 0.423 bits per heavy atom. The predicted molar refractivity (Wildman–Crippen MR) is 256 cm³/mol. The van der Waals surface area contributed by atoms with Crippen molar-refractivity contribution in [1.29, 1.82) is 0 Å². The zero-order valence-electron chi connectivity index (χ0n) is 42.9. The first-order chi connectivity index (χ1) is 37.1. The smallest absolute Gasteiger partial charge is 0.330 e. The average Bonchev–Trinajstić information content (AvgIpc) is 3.48. The Morgan fingerprint density at radius 2 is 0.923 bits per heavy atom. The minimum absolute atomic E-state index is 0.00745. The van der Waals surface area contributed by atoms with Gasteiger partial charge < -0.3 is 124 Å². The van der Waals surface area contributed by atoms with Crippen LogP contribution in [0.25, 0.3) is 0 Å². The van der Waals surface area contributed by atoms with Gasteiger partial charge in [-0.05, 0) is 88.4 Å². The Labute approximate surface area is 449 Å². The molecule has 4 saturated carbocycles. The van der Waals surface area contributed by atoms with E-state index in [2.05, 4.69) is 0 Å². The van der Waals surface area contributed by atoms with Crippen LogP contribution < -0.4 is 0 Å². The molecule has 0 amide bonds. The molecule has 27 heteroatoms. The fourth-order valence-electron chi connectivity index (χ4n) is 12.2. The van der Waals surface area contributed by atoms with Gasteiger partial charge in [-0.1, -0.05) is 12.2 Å². The van der Waals surface area contributed by atoms with Gasteiger partial charge in [0.25, 0.3) is 0 Å². The van der Waals surface area contributed by atoms with Crippen molar-refractivity contribution in [3.05, 3.63) is 24.3 Å². The molecule has 0 radical (unpaired) electrons. The Balaban J connectivity index is 0.960. The van der Waals surface area contributed by atoms with Gasteiger partial charge in [-0.2, -0.15) is 0 Å². The lowest BCUT2D eigenvalue weighted by molar-refractivity contribution is -0.347. The summed E-state index contributed by atoms with van der Waals surface area (Å²) in [4.78, 5) is 25.4. The van der Waals surface area contributed by atoms with E-state index < -0.39 is 197 Å². The number of carbonyl (C=O) groups excluding carboxylic acids is 2. The number of aliphatic hydroxyl groups excluding tert-OH is 16. The van der Waals surface area contributed by atoms with Crippen LogP contribution >= 0.6 is 0 Å². The first-order valence-corrected chi connectivity index (χ1v) is 27.2. The van der Waals surface area contributed by atoms with Crippen LogP contribution in [0.4, 0.5) is 0 Å². The second-order valence-electron chi connectivity index (χ2n) is 22.5. The van der Waals surface area contributed by atoms with Crippen LogP contribution in [0.3, 0.4) is 0 Å². The molecule has 4 heterocycles. The maximum absolute atomic E-state index is 12.7. The highest BCUT2D eigenvalue weighted by Crippen LogP contribution is 2.46. The van der Waals surface area contributed by atoms with E-state index in [1.54, 1.807) is 6.08 Å². The number of allylic oxidation sites excluding steroid dienone is 2. The highest BCUT2D eigenvalue weighted by molar-refractivity contribution is 5.82. The van der Waals surface area contributed by atoms with Gasteiger partial charge >= 0.3 is 11.9 Å². The van der Waals surface area contributed by atoms with Crippen molar-refractivity contribution < 1.29 is 134 Å². The maximum Gasteiger partial charge on any atom is 0.330 e. The van der Waals surface area contributed by atoms with Crippen LogP contribution in [0.2, 0.25) is 0 Å². The molecule has 16 N–H and O–H groups in total. The summed E-state index contributed by atoms with van der Waals surface area (Å²) in [5.74, 6) is -3.44. The van der Waals surface area contributed by atoms with E-state index >= 15 is 0 Å².